The maximum Gasteiger partial charge on any atom is 0.528 e. The zero-order valence-electron chi connectivity index (χ0n) is 13.6. The van der Waals surface area contributed by atoms with Crippen molar-refractivity contribution in [3.8, 4) is 11.5 Å². The van der Waals surface area contributed by atoms with E-state index in [1.807, 2.05) is 45.0 Å². The number of hydrogen-bond donors (Lipinski definition) is 0. The van der Waals surface area contributed by atoms with Gasteiger partial charge in [0.05, 0.1) is 6.54 Å². The van der Waals surface area contributed by atoms with Crippen molar-refractivity contribution in [2.75, 3.05) is 19.9 Å². The fraction of sp³-hybridized carbons (Fsp3) is 0.471. The Balaban J connectivity index is 1.59. The molecule has 124 valence electrons. The average Bonchev–Trinajstić information content (AvgIpc) is 2.93. The molecule has 0 saturated heterocycles. The van der Waals surface area contributed by atoms with Gasteiger partial charge in [-0.2, -0.15) is 0 Å². The Morgan fingerprint density at radius 2 is 2.00 bits per heavy atom. The Hall–Kier alpha value is -2.21. The van der Waals surface area contributed by atoms with Gasteiger partial charge in [-0.05, 0) is 50.5 Å². The van der Waals surface area contributed by atoms with Gasteiger partial charge in [0, 0.05) is 6.54 Å². The molecule has 0 atom stereocenters. The molecule has 0 aromatic heterocycles. The zero-order chi connectivity index (χ0) is 16.4. The maximum atomic E-state index is 11.7. The van der Waals surface area contributed by atoms with Crippen molar-refractivity contribution >= 4 is 11.7 Å². The third-order valence-electron chi connectivity index (χ3n) is 3.51. The van der Waals surface area contributed by atoms with Crippen LogP contribution in [0.3, 0.4) is 0 Å². The van der Waals surface area contributed by atoms with Crippen molar-refractivity contribution in [1.82, 2.24) is 5.06 Å². The van der Waals surface area contributed by atoms with Crippen LogP contribution in [0.15, 0.2) is 24.3 Å². The lowest BCUT2D eigenvalue weighted by molar-refractivity contribution is -0.137. The van der Waals surface area contributed by atoms with Crippen LogP contribution in [0.25, 0.3) is 5.57 Å². The minimum atomic E-state index is -0.669. The van der Waals surface area contributed by atoms with Gasteiger partial charge < -0.3 is 19.0 Å². The van der Waals surface area contributed by atoms with E-state index in [1.165, 1.54) is 5.57 Å². The van der Waals surface area contributed by atoms with E-state index in [-0.39, 0.29) is 6.79 Å². The minimum absolute atomic E-state index is 0.273. The minimum Gasteiger partial charge on any atom is -0.454 e. The molecule has 6 nitrogen and oxygen atoms in total. The smallest absolute Gasteiger partial charge is 0.454 e. The second-order valence-electron chi connectivity index (χ2n) is 6.49. The molecule has 0 aliphatic carbocycles. The molecule has 0 fully saturated rings. The van der Waals surface area contributed by atoms with E-state index in [9.17, 15) is 4.79 Å². The van der Waals surface area contributed by atoms with E-state index in [4.69, 9.17) is 19.0 Å². The molecule has 0 bridgehead atoms. The third kappa shape index (κ3) is 3.96. The molecule has 2 aliphatic heterocycles. The number of hydrogen-bond acceptors (Lipinski definition) is 6. The Bertz CT molecular complexity index is 632. The summed E-state index contributed by atoms with van der Waals surface area (Å²) in [6.07, 6.45) is 2.16. The summed E-state index contributed by atoms with van der Waals surface area (Å²) in [6.45, 7) is 6.85. The van der Waals surface area contributed by atoms with Crippen molar-refractivity contribution < 1.29 is 23.8 Å². The van der Waals surface area contributed by atoms with Crippen molar-refractivity contribution in [2.45, 2.75) is 32.8 Å². The Morgan fingerprint density at radius 3 is 2.70 bits per heavy atom. The molecule has 0 amide bonds. The van der Waals surface area contributed by atoms with Crippen molar-refractivity contribution in [1.29, 1.82) is 0 Å². The number of fused-ring (bicyclic) bond motifs is 1. The quantitative estimate of drug-likeness (QED) is 0.779. The second kappa shape index (κ2) is 6.12. The molecule has 0 unspecified atom stereocenters. The largest absolute Gasteiger partial charge is 0.528 e. The van der Waals surface area contributed by atoms with Gasteiger partial charge in [0.2, 0.25) is 6.79 Å². The molecule has 23 heavy (non-hydrogen) atoms. The lowest BCUT2D eigenvalue weighted by Crippen LogP contribution is -2.34. The van der Waals surface area contributed by atoms with Crippen molar-refractivity contribution in [3.63, 3.8) is 0 Å². The zero-order valence-corrected chi connectivity index (χ0v) is 13.6. The maximum absolute atomic E-state index is 11.7. The first-order valence-corrected chi connectivity index (χ1v) is 7.66. The summed E-state index contributed by atoms with van der Waals surface area (Å²) >= 11 is 0. The van der Waals surface area contributed by atoms with Crippen LogP contribution in [-0.4, -0.2) is 36.7 Å². The molecule has 6 heteroatoms. The van der Waals surface area contributed by atoms with Crippen LogP contribution in [0.4, 0.5) is 4.79 Å². The molecule has 3 rings (SSSR count). The number of benzene rings is 1. The van der Waals surface area contributed by atoms with Crippen molar-refractivity contribution in [2.24, 2.45) is 0 Å². The van der Waals surface area contributed by atoms with Crippen LogP contribution in [0.2, 0.25) is 0 Å². The highest BCUT2D eigenvalue weighted by atomic mass is 16.8. The molecular formula is C17H21NO5. The first-order valence-electron chi connectivity index (χ1n) is 7.66. The van der Waals surface area contributed by atoms with E-state index >= 15 is 0 Å². The summed E-state index contributed by atoms with van der Waals surface area (Å²) in [5.41, 5.74) is 1.75. The molecule has 2 heterocycles. The monoisotopic (exact) mass is 319 g/mol. The van der Waals surface area contributed by atoms with Crippen LogP contribution in [-0.2, 0) is 9.57 Å². The first kappa shape index (κ1) is 15.7. The van der Waals surface area contributed by atoms with Gasteiger partial charge in [-0.25, -0.2) is 4.79 Å². The number of nitrogens with zero attached hydrogens (tertiary/aromatic N) is 1. The number of carbonyl (C=O) groups excluding carboxylic acids is 1. The van der Waals surface area contributed by atoms with E-state index in [2.05, 4.69) is 0 Å². The summed E-state index contributed by atoms with van der Waals surface area (Å²) in [6, 6.07) is 5.92. The van der Waals surface area contributed by atoms with Gasteiger partial charge in [-0.15, -0.1) is 5.06 Å². The van der Waals surface area contributed by atoms with Crippen LogP contribution < -0.4 is 9.47 Å². The average molecular weight is 319 g/mol. The lowest BCUT2D eigenvalue weighted by Gasteiger charge is -2.26. The predicted octanol–water partition coefficient (Wildman–Crippen LogP) is 3.37. The summed E-state index contributed by atoms with van der Waals surface area (Å²) in [5.74, 6) is 1.55. The van der Waals surface area contributed by atoms with E-state index in [1.54, 1.807) is 5.06 Å². The summed E-state index contributed by atoms with van der Waals surface area (Å²) < 4.78 is 15.9. The highest BCUT2D eigenvalue weighted by Crippen LogP contribution is 2.35. The molecule has 0 spiro atoms. The second-order valence-corrected chi connectivity index (χ2v) is 6.49. The fourth-order valence-electron chi connectivity index (χ4n) is 2.47. The molecule has 0 radical (unpaired) electrons. The first-order chi connectivity index (χ1) is 10.9. The molecule has 1 aromatic carbocycles. The normalized spacial score (nSPS) is 17.6. The molecule has 1 aromatic rings. The van der Waals surface area contributed by atoms with Crippen LogP contribution in [0.1, 0.15) is 32.8 Å². The molecular weight excluding hydrogens is 298 g/mol. The summed E-state index contributed by atoms with van der Waals surface area (Å²) in [4.78, 5) is 16.9. The number of ether oxygens (including phenoxy) is 3. The molecule has 2 aliphatic rings. The number of hydroxylamine groups is 2. The van der Waals surface area contributed by atoms with Gasteiger partial charge in [0.25, 0.3) is 0 Å². The van der Waals surface area contributed by atoms with Crippen molar-refractivity contribution in [3.05, 3.63) is 29.8 Å². The van der Waals surface area contributed by atoms with Gasteiger partial charge in [0.1, 0.15) is 5.60 Å². The van der Waals surface area contributed by atoms with E-state index in [0.717, 1.165) is 23.5 Å². The summed E-state index contributed by atoms with van der Waals surface area (Å²) in [5, 5.41) is 1.60. The third-order valence-corrected chi connectivity index (χ3v) is 3.51. The van der Waals surface area contributed by atoms with Gasteiger partial charge >= 0.3 is 6.16 Å². The molecule has 0 N–H and O–H groups in total. The fourth-order valence-corrected chi connectivity index (χ4v) is 2.47. The highest BCUT2D eigenvalue weighted by Gasteiger charge is 2.23. The number of carbonyl (C=O) groups is 1. The lowest BCUT2D eigenvalue weighted by atomic mass is 10.00. The topological polar surface area (TPSA) is 57.2 Å². The van der Waals surface area contributed by atoms with E-state index < -0.39 is 11.8 Å². The Labute approximate surface area is 135 Å². The van der Waals surface area contributed by atoms with Gasteiger partial charge in [0.15, 0.2) is 11.5 Å². The van der Waals surface area contributed by atoms with Crippen LogP contribution >= 0.6 is 0 Å². The highest BCUT2D eigenvalue weighted by molar-refractivity contribution is 5.69. The Kier molecular flexibility index (Phi) is 4.17. The van der Waals surface area contributed by atoms with Gasteiger partial charge in [-0.1, -0.05) is 12.1 Å². The van der Waals surface area contributed by atoms with E-state index in [0.29, 0.717) is 13.1 Å². The summed E-state index contributed by atoms with van der Waals surface area (Å²) in [7, 11) is 0. The van der Waals surface area contributed by atoms with Crippen LogP contribution in [0, 0.1) is 0 Å². The standard InChI is InChI=1S/C17H21NO5/c1-17(2,3)22-16(19)23-18-8-6-12(7-9-18)13-4-5-14-15(10-13)21-11-20-14/h4-6,10H,7-9,11H2,1-3H3. The van der Waals surface area contributed by atoms with Gasteiger partial charge in [-0.3, -0.25) is 0 Å². The van der Waals surface area contributed by atoms with Crippen LogP contribution in [0.5, 0.6) is 11.5 Å². The number of rotatable bonds is 2. The molecule has 0 saturated carbocycles. The predicted molar refractivity (Wildman–Crippen MR) is 84.1 cm³/mol. The Morgan fingerprint density at radius 1 is 1.22 bits per heavy atom. The SMILES string of the molecule is CC(C)(C)OC(=O)ON1CC=C(c2ccc3c(c2)OCO3)CC1.